The molecular formula is C19H22N2OS2. The molecule has 1 aromatic heterocycles. The van der Waals surface area contributed by atoms with Gasteiger partial charge >= 0.3 is 0 Å². The maximum absolute atomic E-state index is 12.3. The summed E-state index contributed by atoms with van der Waals surface area (Å²) in [5.41, 5.74) is 4.56. The Morgan fingerprint density at radius 2 is 2.12 bits per heavy atom. The first-order valence-electron chi connectivity index (χ1n) is 7.80. The highest BCUT2D eigenvalue weighted by Gasteiger charge is 2.34. The first kappa shape index (κ1) is 18.6. The molecule has 0 amide bonds. The van der Waals surface area contributed by atoms with Gasteiger partial charge in [-0.15, -0.1) is 23.1 Å². The van der Waals surface area contributed by atoms with Crippen molar-refractivity contribution in [1.29, 1.82) is 5.26 Å². The maximum atomic E-state index is 12.3. The van der Waals surface area contributed by atoms with Gasteiger partial charge in [-0.2, -0.15) is 5.26 Å². The number of nitrogens with zero attached hydrogens (tertiary/aromatic N) is 1. The van der Waals surface area contributed by atoms with Gasteiger partial charge in [-0.05, 0) is 51.6 Å². The van der Waals surface area contributed by atoms with Crippen molar-refractivity contribution in [3.8, 4) is 6.07 Å². The topological polar surface area (TPSA) is 52.9 Å². The van der Waals surface area contributed by atoms with E-state index in [1.807, 2.05) is 25.3 Å². The molecule has 1 aliphatic heterocycles. The van der Waals surface area contributed by atoms with Gasteiger partial charge < -0.3 is 5.32 Å². The minimum absolute atomic E-state index is 0.0129. The highest BCUT2D eigenvalue weighted by molar-refractivity contribution is 8.03. The highest BCUT2D eigenvalue weighted by Crippen LogP contribution is 2.43. The second kappa shape index (κ2) is 7.87. The van der Waals surface area contributed by atoms with Crippen molar-refractivity contribution in [3.05, 3.63) is 55.4 Å². The molecule has 0 saturated heterocycles. The molecule has 2 heterocycles. The third-order valence-electron chi connectivity index (χ3n) is 3.91. The molecule has 0 aromatic carbocycles. The van der Waals surface area contributed by atoms with Gasteiger partial charge in [0, 0.05) is 21.9 Å². The van der Waals surface area contributed by atoms with Crippen molar-refractivity contribution in [1.82, 2.24) is 5.32 Å². The molecule has 1 N–H and O–H groups in total. The van der Waals surface area contributed by atoms with Crippen LogP contribution in [0.4, 0.5) is 0 Å². The smallest absolute Gasteiger partial charge is 0.158 e. The predicted octanol–water partition coefficient (Wildman–Crippen LogP) is 5.04. The Bertz CT molecular complexity index is 787. The molecule has 126 valence electrons. The zero-order valence-electron chi connectivity index (χ0n) is 14.7. The van der Waals surface area contributed by atoms with Gasteiger partial charge in [0.05, 0.1) is 22.6 Å². The first-order chi connectivity index (χ1) is 11.4. The highest BCUT2D eigenvalue weighted by atomic mass is 32.2. The Labute approximate surface area is 152 Å². The lowest BCUT2D eigenvalue weighted by molar-refractivity contribution is -0.113. The molecule has 0 saturated carbocycles. The van der Waals surface area contributed by atoms with E-state index in [1.165, 1.54) is 5.57 Å². The molecule has 0 fully saturated rings. The number of carbonyl (C=O) groups excluding carboxylic acids is 1. The summed E-state index contributed by atoms with van der Waals surface area (Å²) >= 11 is 3.22. The number of hydrogen-bond acceptors (Lipinski definition) is 5. The average Bonchev–Trinajstić information content (AvgIpc) is 2.91. The molecule has 5 heteroatoms. The van der Waals surface area contributed by atoms with Crippen molar-refractivity contribution in [3.63, 3.8) is 0 Å². The SMILES string of the molecule is CC(=O)C1=C(C)NC(SCC=C(C)C)=C(C#N)[C@@H]1c1sccc1C. The van der Waals surface area contributed by atoms with E-state index in [2.05, 4.69) is 31.3 Å². The number of thioether (sulfide) groups is 1. The van der Waals surface area contributed by atoms with Crippen LogP contribution in [0.1, 0.15) is 44.1 Å². The van der Waals surface area contributed by atoms with Gasteiger partial charge in [0.1, 0.15) is 0 Å². The molecule has 0 aliphatic carbocycles. The number of dihydropyridines is 1. The first-order valence-corrected chi connectivity index (χ1v) is 9.66. The van der Waals surface area contributed by atoms with E-state index < -0.39 is 0 Å². The van der Waals surface area contributed by atoms with E-state index in [0.717, 1.165) is 26.9 Å². The van der Waals surface area contributed by atoms with E-state index in [4.69, 9.17) is 0 Å². The molecular weight excluding hydrogens is 336 g/mol. The number of nitrogens with one attached hydrogen (secondary N) is 1. The van der Waals surface area contributed by atoms with Crippen molar-refractivity contribution >= 4 is 28.9 Å². The number of rotatable bonds is 5. The van der Waals surface area contributed by atoms with Crippen LogP contribution in [0.2, 0.25) is 0 Å². The maximum Gasteiger partial charge on any atom is 0.158 e. The van der Waals surface area contributed by atoms with Gasteiger partial charge in [-0.3, -0.25) is 4.79 Å². The van der Waals surface area contributed by atoms with E-state index in [0.29, 0.717) is 11.1 Å². The fourth-order valence-electron chi connectivity index (χ4n) is 2.73. The van der Waals surface area contributed by atoms with Gasteiger partial charge in [-0.25, -0.2) is 0 Å². The number of hydrogen-bond donors (Lipinski definition) is 1. The molecule has 0 unspecified atom stereocenters. The minimum Gasteiger partial charge on any atom is -0.353 e. The van der Waals surface area contributed by atoms with Gasteiger partial charge in [0.2, 0.25) is 0 Å². The summed E-state index contributed by atoms with van der Waals surface area (Å²) in [5.74, 6) is 0.552. The van der Waals surface area contributed by atoms with Crippen molar-refractivity contribution in [2.75, 3.05) is 5.75 Å². The molecule has 1 aromatic rings. The third kappa shape index (κ3) is 3.82. The molecule has 1 aliphatic rings. The number of aryl methyl sites for hydroxylation is 1. The quantitative estimate of drug-likeness (QED) is 0.749. The molecule has 0 spiro atoms. The monoisotopic (exact) mass is 358 g/mol. The molecule has 0 radical (unpaired) electrons. The fraction of sp³-hybridized carbons (Fsp3) is 0.368. The summed E-state index contributed by atoms with van der Waals surface area (Å²) in [5, 5.41) is 16.0. The number of thiophene rings is 1. The van der Waals surface area contributed by atoms with Crippen LogP contribution >= 0.6 is 23.1 Å². The lowest BCUT2D eigenvalue weighted by Gasteiger charge is -2.28. The number of nitriles is 1. The van der Waals surface area contributed by atoms with Gasteiger partial charge in [0.25, 0.3) is 0 Å². The summed E-state index contributed by atoms with van der Waals surface area (Å²) in [6.07, 6.45) is 2.14. The molecule has 2 rings (SSSR count). The van der Waals surface area contributed by atoms with Crippen LogP contribution in [0.25, 0.3) is 0 Å². The number of ketones is 1. The molecule has 0 bridgehead atoms. The molecule has 3 nitrogen and oxygen atoms in total. The largest absolute Gasteiger partial charge is 0.353 e. The lowest BCUT2D eigenvalue weighted by atomic mass is 9.84. The third-order valence-corrected chi connectivity index (χ3v) is 5.94. The Kier molecular flexibility index (Phi) is 6.09. The average molecular weight is 359 g/mol. The number of carbonyl (C=O) groups is 1. The second-order valence-corrected chi connectivity index (χ2v) is 8.05. The van der Waals surface area contributed by atoms with Crippen LogP contribution in [0, 0.1) is 18.3 Å². The standard InChI is InChI=1S/C19H22N2OS2/c1-11(2)6-8-24-19-15(10-20)17(18-12(3)7-9-23-18)16(14(5)22)13(4)21-19/h6-7,9,17,21H,8H2,1-5H3/t17-/m0/s1. The Hall–Kier alpha value is -1.77. The van der Waals surface area contributed by atoms with Crippen LogP contribution < -0.4 is 5.32 Å². The second-order valence-electron chi connectivity index (χ2n) is 6.07. The predicted molar refractivity (Wildman–Crippen MR) is 103 cm³/mol. The van der Waals surface area contributed by atoms with Crippen LogP contribution in [0.3, 0.4) is 0 Å². The summed E-state index contributed by atoms with van der Waals surface area (Å²) in [7, 11) is 0. The van der Waals surface area contributed by atoms with Gasteiger partial charge in [-0.1, -0.05) is 11.6 Å². The van der Waals surface area contributed by atoms with Crippen LogP contribution in [0.5, 0.6) is 0 Å². The van der Waals surface area contributed by atoms with Gasteiger partial charge in [0.15, 0.2) is 5.78 Å². The zero-order valence-corrected chi connectivity index (χ0v) is 16.3. The van der Waals surface area contributed by atoms with E-state index in [9.17, 15) is 10.1 Å². The van der Waals surface area contributed by atoms with Crippen LogP contribution in [0.15, 0.2) is 45.0 Å². The lowest BCUT2D eigenvalue weighted by Crippen LogP contribution is -2.27. The van der Waals surface area contributed by atoms with Crippen LogP contribution in [-0.4, -0.2) is 11.5 Å². The number of allylic oxidation sites excluding steroid dienone is 4. The summed E-state index contributed by atoms with van der Waals surface area (Å²) < 4.78 is 0. The normalized spacial score (nSPS) is 17.4. The Morgan fingerprint density at radius 3 is 2.62 bits per heavy atom. The van der Waals surface area contributed by atoms with E-state index in [1.54, 1.807) is 30.0 Å². The fourth-order valence-corrected chi connectivity index (χ4v) is 4.90. The van der Waals surface area contributed by atoms with Crippen molar-refractivity contribution < 1.29 is 4.79 Å². The van der Waals surface area contributed by atoms with Crippen molar-refractivity contribution in [2.24, 2.45) is 0 Å². The molecule has 24 heavy (non-hydrogen) atoms. The Balaban J connectivity index is 2.53. The summed E-state index contributed by atoms with van der Waals surface area (Å²) in [4.78, 5) is 13.3. The van der Waals surface area contributed by atoms with Crippen molar-refractivity contribution in [2.45, 2.75) is 40.5 Å². The number of Topliss-reactive ketones (excluding diaryl/α,β-unsaturated/α-hetero) is 1. The minimum atomic E-state index is -0.261. The summed E-state index contributed by atoms with van der Waals surface area (Å²) in [6.45, 7) is 9.65. The Morgan fingerprint density at radius 1 is 1.42 bits per heavy atom. The zero-order chi connectivity index (χ0) is 17.9. The van der Waals surface area contributed by atoms with Crippen LogP contribution in [-0.2, 0) is 4.79 Å². The van der Waals surface area contributed by atoms with E-state index >= 15 is 0 Å². The van der Waals surface area contributed by atoms with E-state index in [-0.39, 0.29) is 11.7 Å². The summed E-state index contributed by atoms with van der Waals surface area (Å²) in [6, 6.07) is 4.40. The molecule has 1 atom stereocenters.